The molecule has 41 heavy (non-hydrogen) atoms. The van der Waals surface area contributed by atoms with E-state index in [1.54, 1.807) is 0 Å². The maximum Gasteiger partial charge on any atom is 0.0991 e. The molecule has 0 aliphatic heterocycles. The van der Waals surface area contributed by atoms with Crippen molar-refractivity contribution in [1.29, 1.82) is 10.5 Å². The molecule has 1 atom stereocenters. The molecule has 8 rings (SSSR count). The van der Waals surface area contributed by atoms with Crippen LogP contribution in [0.2, 0.25) is 0 Å². The standard InChI is InChI=1S/C38H23N3/c39-22-24-13-17-26(18-14-24)33-21-34-29-8-2-4-10-31(29)38-37(36(34)30-9-3-1-7-28(30)33)32-11-5-6-12-35(32)41(38)27-19-15-25(23-40)16-20-27/h1-15,17-21,25H,16H2. The monoisotopic (exact) mass is 521 g/mol. The van der Waals surface area contributed by atoms with Crippen LogP contribution in [-0.4, -0.2) is 4.57 Å². The molecular weight excluding hydrogens is 498 g/mol. The Morgan fingerprint density at radius 2 is 1.34 bits per heavy atom. The van der Waals surface area contributed by atoms with Crippen LogP contribution in [0.1, 0.15) is 12.0 Å². The van der Waals surface area contributed by atoms with Crippen LogP contribution in [0.5, 0.6) is 0 Å². The minimum Gasteiger partial charge on any atom is -0.309 e. The zero-order valence-corrected chi connectivity index (χ0v) is 22.2. The molecule has 190 valence electrons. The van der Waals surface area contributed by atoms with Crippen molar-refractivity contribution in [3.63, 3.8) is 0 Å². The normalized spacial score (nSPS) is 15.0. The Kier molecular flexibility index (Phi) is 5.08. The van der Waals surface area contributed by atoms with Gasteiger partial charge in [0.15, 0.2) is 0 Å². The Bertz CT molecular complexity index is 2350. The molecule has 0 N–H and O–H groups in total. The van der Waals surface area contributed by atoms with Crippen molar-refractivity contribution in [2.24, 2.45) is 5.92 Å². The molecule has 0 amide bonds. The number of para-hydroxylation sites is 1. The van der Waals surface area contributed by atoms with Gasteiger partial charge < -0.3 is 4.57 Å². The van der Waals surface area contributed by atoms with Crippen molar-refractivity contribution in [1.82, 2.24) is 4.57 Å². The second-order valence-electron chi connectivity index (χ2n) is 10.7. The largest absolute Gasteiger partial charge is 0.309 e. The molecule has 0 saturated heterocycles. The van der Waals surface area contributed by atoms with Crippen molar-refractivity contribution in [2.75, 3.05) is 0 Å². The lowest BCUT2D eigenvalue weighted by Gasteiger charge is -2.17. The van der Waals surface area contributed by atoms with Crippen molar-refractivity contribution in [3.8, 4) is 23.3 Å². The highest BCUT2D eigenvalue weighted by Gasteiger charge is 2.22. The van der Waals surface area contributed by atoms with E-state index in [1.807, 2.05) is 18.2 Å². The van der Waals surface area contributed by atoms with E-state index in [2.05, 4.69) is 120 Å². The average Bonchev–Trinajstić information content (AvgIpc) is 3.40. The number of allylic oxidation sites excluding steroid dienone is 4. The van der Waals surface area contributed by atoms with Gasteiger partial charge in [0.25, 0.3) is 0 Å². The van der Waals surface area contributed by atoms with Crippen LogP contribution in [0.4, 0.5) is 0 Å². The van der Waals surface area contributed by atoms with E-state index >= 15 is 0 Å². The summed E-state index contributed by atoms with van der Waals surface area (Å²) in [5.74, 6) is -0.0889. The van der Waals surface area contributed by atoms with E-state index in [9.17, 15) is 10.5 Å². The van der Waals surface area contributed by atoms with Gasteiger partial charge in [-0.25, -0.2) is 0 Å². The van der Waals surface area contributed by atoms with E-state index in [0.717, 1.165) is 22.3 Å². The number of hydrogen-bond donors (Lipinski definition) is 0. The summed E-state index contributed by atoms with van der Waals surface area (Å²) in [6.07, 6.45) is 7.04. The summed E-state index contributed by atoms with van der Waals surface area (Å²) in [5.41, 5.74) is 6.37. The van der Waals surface area contributed by atoms with Crippen LogP contribution in [0.15, 0.2) is 121 Å². The summed E-state index contributed by atoms with van der Waals surface area (Å²) < 4.78 is 2.39. The minimum atomic E-state index is -0.0889. The Hall–Kier alpha value is -5.64. The van der Waals surface area contributed by atoms with Gasteiger partial charge in [-0.15, -0.1) is 0 Å². The lowest BCUT2D eigenvalue weighted by molar-refractivity contribution is 0.834. The van der Waals surface area contributed by atoms with E-state index in [1.165, 1.54) is 48.6 Å². The summed E-state index contributed by atoms with van der Waals surface area (Å²) in [7, 11) is 0. The molecule has 1 aliphatic rings. The van der Waals surface area contributed by atoms with Gasteiger partial charge in [-0.3, -0.25) is 0 Å². The van der Waals surface area contributed by atoms with Gasteiger partial charge in [0, 0.05) is 27.2 Å². The number of nitriles is 2. The second-order valence-corrected chi connectivity index (χ2v) is 10.7. The molecule has 1 heterocycles. The summed E-state index contributed by atoms with van der Waals surface area (Å²) in [6, 6.07) is 40.9. The number of benzene rings is 6. The van der Waals surface area contributed by atoms with Crippen molar-refractivity contribution in [2.45, 2.75) is 6.42 Å². The molecule has 0 spiro atoms. The van der Waals surface area contributed by atoms with Gasteiger partial charge in [0.2, 0.25) is 0 Å². The average molecular weight is 522 g/mol. The van der Waals surface area contributed by atoms with Crippen LogP contribution in [0, 0.1) is 28.6 Å². The van der Waals surface area contributed by atoms with Gasteiger partial charge >= 0.3 is 0 Å². The topological polar surface area (TPSA) is 52.5 Å². The third kappa shape index (κ3) is 3.37. The van der Waals surface area contributed by atoms with Crippen LogP contribution >= 0.6 is 0 Å². The predicted molar refractivity (Wildman–Crippen MR) is 169 cm³/mol. The summed E-state index contributed by atoms with van der Waals surface area (Å²) >= 11 is 0. The van der Waals surface area contributed by atoms with Gasteiger partial charge in [0.1, 0.15) is 0 Å². The summed E-state index contributed by atoms with van der Waals surface area (Å²) in [5, 5.41) is 28.6. The van der Waals surface area contributed by atoms with E-state index in [-0.39, 0.29) is 5.92 Å². The molecule has 1 aliphatic carbocycles. The second kappa shape index (κ2) is 8.95. The molecule has 0 radical (unpaired) electrons. The summed E-state index contributed by atoms with van der Waals surface area (Å²) in [4.78, 5) is 0. The zero-order valence-electron chi connectivity index (χ0n) is 22.2. The molecule has 7 aromatic rings. The molecule has 3 heteroatoms. The first-order valence-corrected chi connectivity index (χ1v) is 13.8. The number of fused-ring (bicyclic) bond motifs is 10. The Morgan fingerprint density at radius 1 is 0.659 bits per heavy atom. The first-order valence-electron chi connectivity index (χ1n) is 13.8. The first-order chi connectivity index (χ1) is 20.3. The number of hydrogen-bond acceptors (Lipinski definition) is 2. The maximum atomic E-state index is 9.49. The minimum absolute atomic E-state index is 0.0889. The van der Waals surface area contributed by atoms with Gasteiger partial charge in [-0.1, -0.05) is 91.0 Å². The molecule has 3 nitrogen and oxygen atoms in total. The fourth-order valence-corrected chi connectivity index (χ4v) is 6.63. The van der Waals surface area contributed by atoms with E-state index < -0.39 is 0 Å². The van der Waals surface area contributed by atoms with E-state index in [0.29, 0.717) is 12.0 Å². The lowest BCUT2D eigenvalue weighted by atomic mass is 9.88. The van der Waals surface area contributed by atoms with Crippen LogP contribution in [0.25, 0.3) is 70.9 Å². The smallest absolute Gasteiger partial charge is 0.0991 e. The highest BCUT2D eigenvalue weighted by atomic mass is 15.0. The summed E-state index contributed by atoms with van der Waals surface area (Å²) in [6.45, 7) is 0. The van der Waals surface area contributed by atoms with E-state index in [4.69, 9.17) is 0 Å². The number of nitrogens with zero attached hydrogens (tertiary/aromatic N) is 3. The van der Waals surface area contributed by atoms with Gasteiger partial charge in [-0.05, 0) is 69.4 Å². The third-order valence-electron chi connectivity index (χ3n) is 8.47. The fraction of sp³-hybridized carbons (Fsp3) is 0.0526. The Morgan fingerprint density at radius 3 is 2.05 bits per heavy atom. The van der Waals surface area contributed by atoms with Gasteiger partial charge in [0.05, 0.1) is 34.7 Å². The highest BCUT2D eigenvalue weighted by Crippen LogP contribution is 2.47. The Balaban J connectivity index is 1.60. The van der Waals surface area contributed by atoms with Crippen molar-refractivity contribution in [3.05, 3.63) is 127 Å². The first kappa shape index (κ1) is 23.3. The zero-order chi connectivity index (χ0) is 27.5. The maximum absolute atomic E-state index is 9.49. The predicted octanol–water partition coefficient (Wildman–Crippen LogP) is 9.73. The number of rotatable bonds is 2. The molecule has 0 fully saturated rings. The van der Waals surface area contributed by atoms with Crippen LogP contribution < -0.4 is 0 Å². The fourth-order valence-electron chi connectivity index (χ4n) is 6.63. The molecule has 1 aromatic heterocycles. The lowest BCUT2D eigenvalue weighted by Crippen LogP contribution is -2.02. The molecule has 0 bridgehead atoms. The van der Waals surface area contributed by atoms with Gasteiger partial charge in [-0.2, -0.15) is 10.5 Å². The van der Waals surface area contributed by atoms with Crippen molar-refractivity contribution >= 4 is 59.8 Å². The molecule has 0 saturated carbocycles. The Labute approximate surface area is 237 Å². The third-order valence-corrected chi connectivity index (χ3v) is 8.47. The highest BCUT2D eigenvalue weighted by molar-refractivity contribution is 6.38. The van der Waals surface area contributed by atoms with Crippen LogP contribution in [0.3, 0.4) is 0 Å². The number of aromatic nitrogens is 1. The SMILES string of the molecule is N#Cc1ccc(-c2cc3c4ccccc4c4c(c5ccccc5n4C4=CCC(C#N)C=C4)c3c3ccccc23)cc1. The van der Waals surface area contributed by atoms with Crippen LogP contribution in [-0.2, 0) is 0 Å². The molecule has 6 aromatic carbocycles. The van der Waals surface area contributed by atoms with Crippen molar-refractivity contribution < 1.29 is 0 Å². The molecule has 1 unspecified atom stereocenters. The quantitative estimate of drug-likeness (QED) is 0.213. The molecular formula is C38H23N3.